The zero-order valence-corrected chi connectivity index (χ0v) is 11.6. The number of aromatic amines is 1. The molecular weight excluding hydrogens is 274 g/mol. The molecule has 3 N–H and O–H groups in total. The molecule has 0 saturated heterocycles. The fourth-order valence-corrected chi connectivity index (χ4v) is 3.04. The summed E-state index contributed by atoms with van der Waals surface area (Å²) in [4.78, 5) is 18.8. The van der Waals surface area contributed by atoms with Crippen LogP contribution in [0.1, 0.15) is 20.8 Å². The second kappa shape index (κ2) is 4.97. The van der Waals surface area contributed by atoms with Gasteiger partial charge in [-0.15, -0.1) is 11.3 Å². The Morgan fingerprint density at radius 1 is 1.50 bits per heavy atom. The number of aromatic carboxylic acids is 1. The first-order valence-electron chi connectivity index (χ1n) is 6.13. The smallest absolute Gasteiger partial charge is 0.348 e. The second-order valence-electron chi connectivity index (χ2n) is 4.49. The lowest BCUT2D eigenvalue weighted by molar-refractivity contribution is 0.0703. The van der Waals surface area contributed by atoms with Gasteiger partial charge in [-0.2, -0.15) is 0 Å². The third kappa shape index (κ3) is 2.14. The summed E-state index contributed by atoms with van der Waals surface area (Å²) >= 11 is 1.24. The molecule has 6 heteroatoms. The number of carboxylic acid groups (broad SMARTS) is 1. The van der Waals surface area contributed by atoms with E-state index in [1.165, 1.54) is 11.3 Å². The predicted octanol–water partition coefficient (Wildman–Crippen LogP) is 3.24. The van der Waals surface area contributed by atoms with E-state index in [9.17, 15) is 9.90 Å². The minimum Gasteiger partial charge on any atom is -0.477 e. The van der Waals surface area contributed by atoms with E-state index < -0.39 is 5.97 Å². The molecule has 5 nitrogen and oxygen atoms in total. The van der Waals surface area contributed by atoms with Gasteiger partial charge in [0.25, 0.3) is 0 Å². The number of rotatable bonds is 4. The molecule has 0 bridgehead atoms. The molecule has 102 valence electrons. The first kappa shape index (κ1) is 12.7. The van der Waals surface area contributed by atoms with Crippen LogP contribution in [0.5, 0.6) is 0 Å². The van der Waals surface area contributed by atoms with Crippen LogP contribution in [0.3, 0.4) is 0 Å². The summed E-state index contributed by atoms with van der Waals surface area (Å²) in [5, 5.41) is 15.3. The Bertz CT molecular complexity index is 776. The molecular formula is C14H13N3O2S. The van der Waals surface area contributed by atoms with Gasteiger partial charge in [-0.05, 0) is 35.6 Å². The van der Waals surface area contributed by atoms with Gasteiger partial charge in [-0.3, -0.25) is 0 Å². The number of hydrogen-bond donors (Lipinski definition) is 3. The van der Waals surface area contributed by atoms with Gasteiger partial charge in [0.2, 0.25) is 0 Å². The SMILES string of the molecule is Cc1csc(C(=O)O)c1NCc1ccnc2[nH]ccc12. The number of anilines is 1. The van der Waals surface area contributed by atoms with Crippen LogP contribution in [-0.2, 0) is 6.54 Å². The highest BCUT2D eigenvalue weighted by Gasteiger charge is 2.15. The van der Waals surface area contributed by atoms with Crippen LogP contribution < -0.4 is 5.32 Å². The summed E-state index contributed by atoms with van der Waals surface area (Å²) < 4.78 is 0. The van der Waals surface area contributed by atoms with Gasteiger partial charge in [0.15, 0.2) is 0 Å². The van der Waals surface area contributed by atoms with E-state index in [1.54, 1.807) is 6.20 Å². The average molecular weight is 287 g/mol. The summed E-state index contributed by atoms with van der Waals surface area (Å²) in [6.07, 6.45) is 3.59. The Morgan fingerprint density at radius 3 is 3.15 bits per heavy atom. The van der Waals surface area contributed by atoms with Crippen molar-refractivity contribution >= 4 is 34.0 Å². The van der Waals surface area contributed by atoms with E-state index in [4.69, 9.17) is 0 Å². The third-order valence-electron chi connectivity index (χ3n) is 3.18. The van der Waals surface area contributed by atoms with Gasteiger partial charge in [0.1, 0.15) is 10.5 Å². The Morgan fingerprint density at radius 2 is 2.35 bits per heavy atom. The molecule has 0 amide bonds. The topological polar surface area (TPSA) is 78.0 Å². The maximum absolute atomic E-state index is 11.2. The number of fused-ring (bicyclic) bond motifs is 1. The van der Waals surface area contributed by atoms with Crippen LogP contribution in [0.4, 0.5) is 5.69 Å². The van der Waals surface area contributed by atoms with Crippen molar-refractivity contribution in [2.45, 2.75) is 13.5 Å². The molecule has 0 aliphatic rings. The molecule has 0 aromatic carbocycles. The van der Waals surface area contributed by atoms with E-state index in [0.29, 0.717) is 17.1 Å². The van der Waals surface area contributed by atoms with E-state index in [-0.39, 0.29) is 0 Å². The fourth-order valence-electron chi connectivity index (χ4n) is 2.18. The van der Waals surface area contributed by atoms with Crippen LogP contribution in [0.25, 0.3) is 11.0 Å². The predicted molar refractivity (Wildman–Crippen MR) is 79.4 cm³/mol. The summed E-state index contributed by atoms with van der Waals surface area (Å²) in [6, 6.07) is 3.91. The maximum atomic E-state index is 11.2. The van der Waals surface area contributed by atoms with Gasteiger partial charge in [-0.1, -0.05) is 0 Å². The highest BCUT2D eigenvalue weighted by atomic mass is 32.1. The second-order valence-corrected chi connectivity index (χ2v) is 5.37. The highest BCUT2D eigenvalue weighted by molar-refractivity contribution is 7.12. The van der Waals surface area contributed by atoms with Gasteiger partial charge in [0.05, 0.1) is 5.69 Å². The van der Waals surface area contributed by atoms with Crippen LogP contribution in [0, 0.1) is 6.92 Å². The molecule has 0 saturated carbocycles. The van der Waals surface area contributed by atoms with Crippen molar-refractivity contribution in [3.8, 4) is 0 Å². The average Bonchev–Trinajstić information content (AvgIpc) is 3.03. The van der Waals surface area contributed by atoms with Gasteiger partial charge in [-0.25, -0.2) is 9.78 Å². The number of nitrogens with zero attached hydrogens (tertiary/aromatic N) is 1. The molecule has 0 atom stereocenters. The Hall–Kier alpha value is -2.34. The largest absolute Gasteiger partial charge is 0.477 e. The van der Waals surface area contributed by atoms with Crippen LogP contribution >= 0.6 is 11.3 Å². The Kier molecular flexibility index (Phi) is 3.15. The number of carboxylic acids is 1. The lowest BCUT2D eigenvalue weighted by Crippen LogP contribution is -2.05. The monoisotopic (exact) mass is 287 g/mol. The number of carbonyl (C=O) groups is 1. The van der Waals surface area contributed by atoms with Crippen molar-refractivity contribution in [1.82, 2.24) is 9.97 Å². The van der Waals surface area contributed by atoms with Gasteiger partial charge >= 0.3 is 5.97 Å². The van der Waals surface area contributed by atoms with Crippen LogP contribution in [0.2, 0.25) is 0 Å². The van der Waals surface area contributed by atoms with Crippen molar-refractivity contribution in [3.63, 3.8) is 0 Å². The highest BCUT2D eigenvalue weighted by Crippen LogP contribution is 2.28. The number of pyridine rings is 1. The molecule has 3 aromatic heterocycles. The summed E-state index contributed by atoms with van der Waals surface area (Å²) in [5.41, 5.74) is 3.57. The molecule has 0 radical (unpaired) electrons. The van der Waals surface area contributed by atoms with Crippen LogP contribution in [-0.4, -0.2) is 21.0 Å². The number of hydrogen-bond acceptors (Lipinski definition) is 4. The van der Waals surface area contributed by atoms with Crippen molar-refractivity contribution in [1.29, 1.82) is 0 Å². The lowest BCUT2D eigenvalue weighted by Gasteiger charge is -2.08. The molecule has 0 aliphatic carbocycles. The van der Waals surface area contributed by atoms with Gasteiger partial charge < -0.3 is 15.4 Å². The zero-order valence-electron chi connectivity index (χ0n) is 10.8. The Labute approximate surface area is 119 Å². The molecule has 0 aliphatic heterocycles. The van der Waals surface area contributed by atoms with E-state index in [1.807, 2.05) is 30.6 Å². The fraction of sp³-hybridized carbons (Fsp3) is 0.143. The molecule has 3 rings (SSSR count). The molecule has 0 unspecified atom stereocenters. The number of nitrogens with one attached hydrogen (secondary N) is 2. The van der Waals surface area contributed by atoms with E-state index >= 15 is 0 Å². The zero-order chi connectivity index (χ0) is 14.1. The quantitative estimate of drug-likeness (QED) is 0.688. The maximum Gasteiger partial charge on any atom is 0.348 e. The van der Waals surface area contributed by atoms with Gasteiger partial charge in [0, 0.05) is 24.3 Å². The van der Waals surface area contributed by atoms with Crippen molar-refractivity contribution < 1.29 is 9.90 Å². The van der Waals surface area contributed by atoms with E-state index in [0.717, 1.165) is 22.2 Å². The lowest BCUT2D eigenvalue weighted by atomic mass is 10.2. The normalized spacial score (nSPS) is 10.8. The Balaban J connectivity index is 1.88. The molecule has 0 fully saturated rings. The number of aromatic nitrogens is 2. The summed E-state index contributed by atoms with van der Waals surface area (Å²) in [6.45, 7) is 2.47. The standard InChI is InChI=1S/C14H13N3O2S/c1-8-7-20-12(14(18)19)11(8)17-6-9-2-4-15-13-10(9)3-5-16-13/h2-5,7,17H,6H2,1H3,(H,15,16)(H,18,19). The number of aryl methyl sites for hydroxylation is 1. The van der Waals surface area contributed by atoms with Crippen molar-refractivity contribution in [2.24, 2.45) is 0 Å². The molecule has 3 heterocycles. The first-order valence-corrected chi connectivity index (χ1v) is 7.01. The minimum absolute atomic E-state index is 0.349. The number of thiophene rings is 1. The minimum atomic E-state index is -0.896. The molecule has 0 spiro atoms. The molecule has 20 heavy (non-hydrogen) atoms. The first-order chi connectivity index (χ1) is 9.66. The van der Waals surface area contributed by atoms with E-state index in [2.05, 4.69) is 15.3 Å². The summed E-state index contributed by atoms with van der Waals surface area (Å²) in [7, 11) is 0. The van der Waals surface area contributed by atoms with Crippen molar-refractivity contribution in [3.05, 3.63) is 45.9 Å². The number of H-pyrrole nitrogens is 1. The van der Waals surface area contributed by atoms with Crippen LogP contribution in [0.15, 0.2) is 29.9 Å². The third-order valence-corrected chi connectivity index (χ3v) is 4.26. The molecule has 3 aromatic rings. The summed E-state index contributed by atoms with van der Waals surface area (Å²) in [5.74, 6) is -0.896. The van der Waals surface area contributed by atoms with Crippen molar-refractivity contribution in [2.75, 3.05) is 5.32 Å².